The quantitative estimate of drug-likeness (QED) is 0.909. The third-order valence-electron chi connectivity index (χ3n) is 2.48. The van der Waals surface area contributed by atoms with E-state index in [0.717, 1.165) is 6.07 Å². The molecular weight excluding hydrogens is 289 g/mol. The van der Waals surface area contributed by atoms with Gasteiger partial charge < -0.3 is 14.8 Å². The van der Waals surface area contributed by atoms with Crippen molar-refractivity contribution < 1.29 is 23.5 Å². The molecule has 1 aromatic carbocycles. The highest BCUT2D eigenvalue weighted by Crippen LogP contribution is 2.16. The lowest BCUT2D eigenvalue weighted by Gasteiger charge is -2.04. The molecule has 0 saturated carbocycles. The minimum atomic E-state index is -1.19. The summed E-state index contributed by atoms with van der Waals surface area (Å²) in [4.78, 5) is 22.4. The third kappa shape index (κ3) is 3.16. The number of amides is 1. The van der Waals surface area contributed by atoms with Crippen LogP contribution in [0.4, 0.5) is 4.39 Å². The lowest BCUT2D eigenvalue weighted by molar-refractivity contribution is 0.0660. The van der Waals surface area contributed by atoms with Crippen molar-refractivity contribution >= 4 is 23.5 Å². The van der Waals surface area contributed by atoms with Crippen molar-refractivity contribution in [2.75, 3.05) is 0 Å². The molecule has 0 saturated heterocycles. The second kappa shape index (κ2) is 5.75. The standard InChI is InChI=1S/C13H9ClFNO4/c14-9-5-7(1-3-10(9)15)12(17)16-6-8-2-4-11(20-8)13(18)19/h1-5H,6H2,(H,16,17)(H,18,19). The highest BCUT2D eigenvalue weighted by molar-refractivity contribution is 6.31. The fourth-order valence-electron chi connectivity index (χ4n) is 1.49. The van der Waals surface area contributed by atoms with E-state index >= 15 is 0 Å². The maximum atomic E-state index is 13.0. The lowest BCUT2D eigenvalue weighted by Crippen LogP contribution is -2.22. The van der Waals surface area contributed by atoms with E-state index in [9.17, 15) is 14.0 Å². The molecule has 0 spiro atoms. The van der Waals surface area contributed by atoms with Crippen LogP contribution in [0.1, 0.15) is 26.7 Å². The fourth-order valence-corrected chi connectivity index (χ4v) is 1.68. The average Bonchev–Trinajstić information content (AvgIpc) is 2.88. The molecule has 2 N–H and O–H groups in total. The second-order valence-corrected chi connectivity index (χ2v) is 4.29. The van der Waals surface area contributed by atoms with Crippen LogP contribution in [0.5, 0.6) is 0 Å². The molecule has 7 heteroatoms. The first-order valence-corrected chi connectivity index (χ1v) is 5.90. The number of hydrogen-bond acceptors (Lipinski definition) is 3. The number of aromatic carboxylic acids is 1. The van der Waals surface area contributed by atoms with Crippen LogP contribution in [-0.4, -0.2) is 17.0 Å². The number of benzene rings is 1. The molecule has 104 valence electrons. The molecule has 0 fully saturated rings. The molecule has 0 atom stereocenters. The molecule has 2 rings (SSSR count). The summed E-state index contributed by atoms with van der Waals surface area (Å²) in [5.41, 5.74) is 0.196. The first-order chi connectivity index (χ1) is 9.47. The monoisotopic (exact) mass is 297 g/mol. The molecule has 1 aromatic heterocycles. The molecule has 0 aliphatic rings. The number of nitrogens with one attached hydrogen (secondary N) is 1. The predicted octanol–water partition coefficient (Wildman–Crippen LogP) is 2.70. The van der Waals surface area contributed by atoms with E-state index in [2.05, 4.69) is 5.32 Å². The SMILES string of the molecule is O=C(NCc1ccc(C(=O)O)o1)c1ccc(F)c(Cl)c1. The summed E-state index contributed by atoms with van der Waals surface area (Å²) in [5.74, 6) is -2.18. The Balaban J connectivity index is 2.00. The highest BCUT2D eigenvalue weighted by atomic mass is 35.5. The summed E-state index contributed by atoms with van der Waals surface area (Å²) >= 11 is 5.57. The zero-order valence-corrected chi connectivity index (χ0v) is 10.8. The van der Waals surface area contributed by atoms with E-state index in [0.29, 0.717) is 5.76 Å². The second-order valence-electron chi connectivity index (χ2n) is 3.88. The van der Waals surface area contributed by atoms with Gasteiger partial charge in [0.05, 0.1) is 11.6 Å². The molecule has 1 amide bonds. The predicted molar refractivity (Wildman–Crippen MR) is 68.2 cm³/mol. The van der Waals surface area contributed by atoms with Crippen LogP contribution in [0.25, 0.3) is 0 Å². The lowest BCUT2D eigenvalue weighted by atomic mass is 10.2. The van der Waals surface area contributed by atoms with E-state index < -0.39 is 17.7 Å². The van der Waals surface area contributed by atoms with E-state index in [1.165, 1.54) is 24.3 Å². The summed E-state index contributed by atoms with van der Waals surface area (Å²) in [6.45, 7) is 0.0150. The van der Waals surface area contributed by atoms with Crippen molar-refractivity contribution in [2.45, 2.75) is 6.54 Å². The molecule has 5 nitrogen and oxygen atoms in total. The Hall–Kier alpha value is -2.34. The number of furan rings is 1. The summed E-state index contributed by atoms with van der Waals surface area (Å²) in [6.07, 6.45) is 0. The molecular formula is C13H9ClFNO4. The number of carbonyl (C=O) groups excluding carboxylic acids is 1. The van der Waals surface area contributed by atoms with E-state index in [-0.39, 0.29) is 22.9 Å². The van der Waals surface area contributed by atoms with Crippen molar-refractivity contribution in [3.8, 4) is 0 Å². The molecule has 0 aliphatic carbocycles. The zero-order chi connectivity index (χ0) is 14.7. The van der Waals surface area contributed by atoms with Gasteiger partial charge in [-0.1, -0.05) is 11.6 Å². The van der Waals surface area contributed by atoms with Gasteiger partial charge in [0, 0.05) is 5.56 Å². The van der Waals surface area contributed by atoms with E-state index in [1.54, 1.807) is 0 Å². The first kappa shape index (κ1) is 14.1. The van der Waals surface area contributed by atoms with Crippen molar-refractivity contribution in [1.82, 2.24) is 5.32 Å². The maximum absolute atomic E-state index is 13.0. The van der Waals surface area contributed by atoms with Crippen LogP contribution in [0.3, 0.4) is 0 Å². The van der Waals surface area contributed by atoms with Gasteiger partial charge in [-0.15, -0.1) is 0 Å². The molecule has 0 bridgehead atoms. The molecule has 0 radical (unpaired) electrons. The minimum Gasteiger partial charge on any atom is -0.475 e. The number of halogens is 2. The van der Waals surface area contributed by atoms with Gasteiger partial charge in [-0.25, -0.2) is 9.18 Å². The van der Waals surface area contributed by atoms with Crippen LogP contribution >= 0.6 is 11.6 Å². The number of carbonyl (C=O) groups is 2. The van der Waals surface area contributed by atoms with Gasteiger partial charge in [0.25, 0.3) is 5.91 Å². The first-order valence-electron chi connectivity index (χ1n) is 5.52. The third-order valence-corrected chi connectivity index (χ3v) is 2.77. The topological polar surface area (TPSA) is 79.5 Å². The van der Waals surface area contributed by atoms with Gasteiger partial charge in [-0.2, -0.15) is 0 Å². The number of carboxylic acids is 1. The Morgan fingerprint density at radius 2 is 2.05 bits per heavy atom. The van der Waals surface area contributed by atoms with Crippen LogP contribution in [0, 0.1) is 5.82 Å². The van der Waals surface area contributed by atoms with Gasteiger partial charge in [-0.05, 0) is 30.3 Å². The van der Waals surface area contributed by atoms with Crippen molar-refractivity contribution in [3.05, 3.63) is 58.3 Å². The van der Waals surface area contributed by atoms with Gasteiger partial charge >= 0.3 is 5.97 Å². The maximum Gasteiger partial charge on any atom is 0.371 e. The summed E-state index contributed by atoms with van der Waals surface area (Å²) in [5, 5.41) is 11.0. The smallest absolute Gasteiger partial charge is 0.371 e. The largest absolute Gasteiger partial charge is 0.475 e. The Morgan fingerprint density at radius 1 is 1.30 bits per heavy atom. The van der Waals surface area contributed by atoms with Crippen molar-refractivity contribution in [1.29, 1.82) is 0 Å². The van der Waals surface area contributed by atoms with Crippen LogP contribution in [-0.2, 0) is 6.54 Å². The van der Waals surface area contributed by atoms with E-state index in [1.807, 2.05) is 0 Å². The number of rotatable bonds is 4. The minimum absolute atomic E-state index is 0.0150. The molecule has 0 unspecified atom stereocenters. The Kier molecular flexibility index (Phi) is 4.05. The van der Waals surface area contributed by atoms with Gasteiger partial charge in [0.1, 0.15) is 11.6 Å². The molecule has 1 heterocycles. The number of hydrogen-bond donors (Lipinski definition) is 2. The Labute approximate surface area is 118 Å². The summed E-state index contributed by atoms with van der Waals surface area (Å²) in [6, 6.07) is 6.32. The molecule has 20 heavy (non-hydrogen) atoms. The van der Waals surface area contributed by atoms with Gasteiger partial charge in [-0.3, -0.25) is 4.79 Å². The van der Waals surface area contributed by atoms with E-state index in [4.69, 9.17) is 21.1 Å². The molecule has 0 aliphatic heterocycles. The average molecular weight is 298 g/mol. The zero-order valence-electron chi connectivity index (χ0n) is 10.0. The van der Waals surface area contributed by atoms with Crippen molar-refractivity contribution in [2.24, 2.45) is 0 Å². The van der Waals surface area contributed by atoms with Crippen molar-refractivity contribution in [3.63, 3.8) is 0 Å². The van der Waals surface area contributed by atoms with Crippen LogP contribution in [0.2, 0.25) is 5.02 Å². The number of carboxylic acid groups (broad SMARTS) is 1. The highest BCUT2D eigenvalue weighted by Gasteiger charge is 2.11. The molecule has 2 aromatic rings. The Morgan fingerprint density at radius 3 is 2.65 bits per heavy atom. The fraction of sp³-hybridized carbons (Fsp3) is 0.0769. The summed E-state index contributed by atoms with van der Waals surface area (Å²) in [7, 11) is 0. The summed E-state index contributed by atoms with van der Waals surface area (Å²) < 4.78 is 17.9. The van der Waals surface area contributed by atoms with Gasteiger partial charge in [0.15, 0.2) is 0 Å². The normalized spacial score (nSPS) is 10.3. The Bertz CT molecular complexity index is 668. The van der Waals surface area contributed by atoms with Gasteiger partial charge in [0.2, 0.25) is 5.76 Å². The van der Waals surface area contributed by atoms with Crippen LogP contribution < -0.4 is 5.32 Å². The van der Waals surface area contributed by atoms with Crippen LogP contribution in [0.15, 0.2) is 34.7 Å².